The molecule has 1 aromatic rings. The standard InChI is InChI=1S/C12H17O3S.C10H23NO.BrH/c13-6-8-16(9-7-14)10-12(15)11-4-2-1-3-5-11;1-4-7-9-11(12-6-3)10-8-5-2;/h1-5,13-14H,6-10H2;4-10H2,1-3H3;1H/q+1;;/p-1. The van der Waals surface area contributed by atoms with Gasteiger partial charge in [0.25, 0.3) is 0 Å². The van der Waals surface area contributed by atoms with Crippen LogP contribution in [-0.4, -0.2) is 71.2 Å². The molecule has 0 radical (unpaired) electrons. The predicted molar refractivity (Wildman–Crippen MR) is 120 cm³/mol. The summed E-state index contributed by atoms with van der Waals surface area (Å²) in [5.74, 6) is 1.70. The molecule has 0 amide bonds. The van der Waals surface area contributed by atoms with Crippen molar-refractivity contribution in [1.29, 1.82) is 0 Å². The number of carbonyl (C=O) groups is 1. The molecule has 0 unspecified atom stereocenters. The zero-order chi connectivity index (χ0) is 21.0. The molecule has 29 heavy (non-hydrogen) atoms. The zero-order valence-electron chi connectivity index (χ0n) is 18.3. The first-order chi connectivity index (χ1) is 13.6. The molecule has 0 saturated heterocycles. The molecule has 0 aromatic heterocycles. The number of Topliss-reactive ketones (excluding diaryl/α,β-unsaturated/α-hetero) is 1. The topological polar surface area (TPSA) is 70.0 Å². The maximum Gasteiger partial charge on any atom is 0.211 e. The summed E-state index contributed by atoms with van der Waals surface area (Å²) < 4.78 is 0. The van der Waals surface area contributed by atoms with E-state index in [1.165, 1.54) is 25.7 Å². The summed E-state index contributed by atoms with van der Waals surface area (Å²) in [5.41, 5.74) is 0.705. The van der Waals surface area contributed by atoms with Gasteiger partial charge in [-0.25, -0.2) is 0 Å². The minimum Gasteiger partial charge on any atom is -1.00 e. The normalized spacial score (nSPS) is 10.4. The maximum absolute atomic E-state index is 11.8. The van der Waals surface area contributed by atoms with Gasteiger partial charge in [0.15, 0.2) is 5.75 Å². The third-order valence-electron chi connectivity index (χ3n) is 4.02. The highest BCUT2D eigenvalue weighted by Crippen LogP contribution is 2.05. The van der Waals surface area contributed by atoms with Gasteiger partial charge in [-0.3, -0.25) is 9.63 Å². The van der Waals surface area contributed by atoms with Crippen LogP contribution in [0.1, 0.15) is 56.8 Å². The number of halogens is 1. The smallest absolute Gasteiger partial charge is 0.211 e. The fourth-order valence-corrected chi connectivity index (χ4v) is 4.04. The van der Waals surface area contributed by atoms with E-state index in [4.69, 9.17) is 15.1 Å². The number of aliphatic hydroxyl groups excluding tert-OH is 2. The fraction of sp³-hybridized carbons (Fsp3) is 0.682. The van der Waals surface area contributed by atoms with Crippen LogP contribution in [-0.2, 0) is 15.7 Å². The number of hydrogen-bond donors (Lipinski definition) is 2. The zero-order valence-corrected chi connectivity index (χ0v) is 20.7. The third kappa shape index (κ3) is 17.0. The molecule has 0 fully saturated rings. The van der Waals surface area contributed by atoms with Crippen molar-refractivity contribution in [2.24, 2.45) is 0 Å². The Balaban J connectivity index is 0. The summed E-state index contributed by atoms with van der Waals surface area (Å²) in [6.07, 6.45) is 4.97. The van der Waals surface area contributed by atoms with Crippen LogP contribution < -0.4 is 17.0 Å². The van der Waals surface area contributed by atoms with Crippen molar-refractivity contribution in [2.45, 2.75) is 46.5 Å². The number of hydrogen-bond acceptors (Lipinski definition) is 5. The molecular weight excluding hydrogens is 454 g/mol. The summed E-state index contributed by atoms with van der Waals surface area (Å²) in [4.78, 5) is 17.3. The fourth-order valence-electron chi connectivity index (χ4n) is 2.49. The van der Waals surface area contributed by atoms with Crippen LogP contribution >= 0.6 is 0 Å². The number of benzene rings is 1. The molecular formula is C22H40BrNO4S. The molecule has 1 rings (SSSR count). The molecule has 0 saturated carbocycles. The SMILES string of the molecule is CCCCN(CCCC)OCC.O=C(C[S+](CCO)CCO)c1ccccc1.[Br-]. The van der Waals surface area contributed by atoms with Crippen LogP contribution in [0.5, 0.6) is 0 Å². The molecule has 0 bridgehead atoms. The lowest BCUT2D eigenvalue weighted by atomic mass is 10.2. The van der Waals surface area contributed by atoms with Crippen molar-refractivity contribution in [2.75, 3.05) is 50.2 Å². The Morgan fingerprint density at radius 2 is 1.48 bits per heavy atom. The van der Waals surface area contributed by atoms with Crippen LogP contribution in [0.2, 0.25) is 0 Å². The highest BCUT2D eigenvalue weighted by Gasteiger charge is 2.22. The lowest BCUT2D eigenvalue weighted by Gasteiger charge is -2.20. The summed E-state index contributed by atoms with van der Waals surface area (Å²) in [5, 5.41) is 19.8. The van der Waals surface area contributed by atoms with Crippen LogP contribution in [0.15, 0.2) is 30.3 Å². The summed E-state index contributed by atoms with van der Waals surface area (Å²) in [7, 11) is -0.205. The van der Waals surface area contributed by atoms with E-state index in [2.05, 4.69) is 18.9 Å². The Morgan fingerprint density at radius 1 is 0.966 bits per heavy atom. The molecule has 0 spiro atoms. The van der Waals surface area contributed by atoms with Crippen molar-refractivity contribution >= 4 is 16.7 Å². The van der Waals surface area contributed by atoms with Gasteiger partial charge < -0.3 is 27.2 Å². The number of unbranched alkanes of at least 4 members (excludes halogenated alkanes) is 2. The molecule has 7 heteroatoms. The van der Waals surface area contributed by atoms with Gasteiger partial charge in [0.2, 0.25) is 5.78 Å². The van der Waals surface area contributed by atoms with Crippen molar-refractivity contribution in [1.82, 2.24) is 5.06 Å². The van der Waals surface area contributed by atoms with Gasteiger partial charge in [0.1, 0.15) is 11.5 Å². The number of hydroxylamine groups is 2. The maximum atomic E-state index is 11.8. The average molecular weight is 495 g/mol. The number of rotatable bonds is 15. The van der Waals surface area contributed by atoms with E-state index in [1.54, 1.807) is 12.1 Å². The van der Waals surface area contributed by atoms with Gasteiger partial charge in [0.05, 0.1) is 19.8 Å². The number of aliphatic hydroxyl groups is 2. The lowest BCUT2D eigenvalue weighted by Crippen LogP contribution is -3.00. The molecule has 2 N–H and O–H groups in total. The molecule has 5 nitrogen and oxygen atoms in total. The van der Waals surface area contributed by atoms with E-state index in [0.29, 0.717) is 22.8 Å². The summed E-state index contributed by atoms with van der Waals surface area (Å²) >= 11 is 0. The van der Waals surface area contributed by atoms with Crippen molar-refractivity contribution in [3.05, 3.63) is 35.9 Å². The van der Waals surface area contributed by atoms with Gasteiger partial charge in [-0.05, 0) is 19.8 Å². The Bertz CT molecular complexity index is 465. The van der Waals surface area contributed by atoms with Crippen LogP contribution in [0.4, 0.5) is 0 Å². The second kappa shape index (κ2) is 22.2. The minimum atomic E-state index is -0.205. The molecule has 0 atom stereocenters. The van der Waals surface area contributed by atoms with E-state index in [-0.39, 0.29) is 46.9 Å². The van der Waals surface area contributed by atoms with E-state index in [9.17, 15) is 4.79 Å². The van der Waals surface area contributed by atoms with Crippen LogP contribution in [0.25, 0.3) is 0 Å². The molecule has 0 aliphatic carbocycles. The Morgan fingerprint density at radius 3 is 1.90 bits per heavy atom. The highest BCUT2D eigenvalue weighted by atomic mass is 79.9. The molecule has 0 aliphatic heterocycles. The average Bonchev–Trinajstić information content (AvgIpc) is 2.71. The van der Waals surface area contributed by atoms with E-state index in [0.717, 1.165) is 19.7 Å². The van der Waals surface area contributed by atoms with E-state index < -0.39 is 0 Å². The van der Waals surface area contributed by atoms with Gasteiger partial charge >= 0.3 is 0 Å². The second-order valence-electron chi connectivity index (χ2n) is 6.46. The minimum absolute atomic E-state index is 0. The molecule has 0 aliphatic rings. The quantitative estimate of drug-likeness (QED) is 0.209. The van der Waals surface area contributed by atoms with Crippen molar-refractivity contribution < 1.29 is 36.8 Å². The number of nitrogens with zero attached hydrogens (tertiary/aromatic N) is 1. The Labute approximate surface area is 190 Å². The van der Waals surface area contributed by atoms with E-state index in [1.807, 2.05) is 25.1 Å². The number of ketones is 1. The molecule has 0 heterocycles. The largest absolute Gasteiger partial charge is 1.00 e. The Hall–Kier alpha value is -0.440. The van der Waals surface area contributed by atoms with Gasteiger partial charge in [-0.1, -0.05) is 57.0 Å². The van der Waals surface area contributed by atoms with Gasteiger partial charge in [0, 0.05) is 29.5 Å². The summed E-state index contributed by atoms with van der Waals surface area (Å²) in [6, 6.07) is 9.13. The van der Waals surface area contributed by atoms with Gasteiger partial charge in [-0.15, -0.1) is 0 Å². The molecule has 1 aromatic carbocycles. The lowest BCUT2D eigenvalue weighted by molar-refractivity contribution is -0.155. The third-order valence-corrected chi connectivity index (χ3v) is 6.22. The van der Waals surface area contributed by atoms with Crippen molar-refractivity contribution in [3.8, 4) is 0 Å². The predicted octanol–water partition coefficient (Wildman–Crippen LogP) is 0.316. The first kappa shape index (κ1) is 30.8. The second-order valence-corrected chi connectivity index (χ2v) is 8.79. The van der Waals surface area contributed by atoms with Crippen LogP contribution in [0.3, 0.4) is 0 Å². The first-order valence-electron chi connectivity index (χ1n) is 10.4. The van der Waals surface area contributed by atoms with E-state index >= 15 is 0 Å². The monoisotopic (exact) mass is 493 g/mol. The van der Waals surface area contributed by atoms with Crippen LogP contribution in [0, 0.1) is 0 Å². The molecule has 170 valence electrons. The number of carbonyl (C=O) groups excluding carboxylic acids is 1. The highest BCUT2D eigenvalue weighted by molar-refractivity contribution is 7.97. The first-order valence-corrected chi connectivity index (χ1v) is 12.2. The Kier molecular flexibility index (Phi) is 23.6. The van der Waals surface area contributed by atoms with Crippen molar-refractivity contribution in [3.63, 3.8) is 0 Å². The summed E-state index contributed by atoms with van der Waals surface area (Å²) in [6.45, 7) is 9.59. The van der Waals surface area contributed by atoms with Gasteiger partial charge in [-0.2, -0.15) is 5.06 Å².